The fourth-order valence-corrected chi connectivity index (χ4v) is 4.78. The Bertz CT molecular complexity index is 1100. The van der Waals surface area contributed by atoms with E-state index in [9.17, 15) is 9.59 Å². The topological polar surface area (TPSA) is 84.8 Å². The van der Waals surface area contributed by atoms with Crippen LogP contribution in [-0.2, 0) is 11.3 Å². The molecule has 1 aliphatic rings. The van der Waals surface area contributed by atoms with E-state index in [0.29, 0.717) is 43.1 Å². The van der Waals surface area contributed by atoms with Crippen molar-refractivity contribution < 1.29 is 9.21 Å². The lowest BCUT2D eigenvalue weighted by Crippen LogP contribution is -2.40. The molecular weight excluding hydrogens is 394 g/mol. The number of amides is 1. The minimum absolute atomic E-state index is 0.0386. The van der Waals surface area contributed by atoms with Crippen molar-refractivity contribution in [1.29, 1.82) is 0 Å². The van der Waals surface area contributed by atoms with Crippen molar-refractivity contribution in [2.45, 2.75) is 71.4 Å². The molecule has 3 aromatic rings. The average Bonchev–Trinajstić information content (AvgIpc) is 3.36. The number of likely N-dealkylation sites (tertiary alicyclic amines) is 1. The highest BCUT2D eigenvalue weighted by molar-refractivity contribution is 5.82. The number of carbonyl (C=O) groups excluding carboxylic acids is 1. The Balaban J connectivity index is 1.24. The third-order valence-electron chi connectivity index (χ3n) is 6.40. The Hall–Kier alpha value is -2.61. The predicted molar refractivity (Wildman–Crippen MR) is 120 cm³/mol. The molecule has 4 rings (SSSR count). The molecule has 1 N–H and O–H groups in total. The zero-order valence-corrected chi connectivity index (χ0v) is 18.6. The summed E-state index contributed by atoms with van der Waals surface area (Å²) in [7, 11) is 0. The summed E-state index contributed by atoms with van der Waals surface area (Å²) < 4.78 is 8.68. The largest absolute Gasteiger partial charge is 0.463 e. The first-order valence-electron chi connectivity index (χ1n) is 11.6. The molecule has 0 spiro atoms. The highest BCUT2D eigenvalue weighted by atomic mass is 16.3. The van der Waals surface area contributed by atoms with Crippen molar-refractivity contribution in [3.05, 3.63) is 34.6 Å². The number of hydrogen-bond donors (Lipinski definition) is 1. The molecule has 168 valence electrons. The van der Waals surface area contributed by atoms with Gasteiger partial charge in [0.05, 0.1) is 11.8 Å². The summed E-state index contributed by atoms with van der Waals surface area (Å²) in [5, 5.41) is 7.45. The van der Waals surface area contributed by atoms with Gasteiger partial charge in [-0.05, 0) is 45.6 Å². The first-order chi connectivity index (χ1) is 15.1. The van der Waals surface area contributed by atoms with Crippen molar-refractivity contribution in [3.63, 3.8) is 0 Å². The standard InChI is InChI=1S/C23H33N5O3/c1-3-18-8-4-5-12-26(18)13-7-11-24-22(29)9-6-14-27-23(30)20-16-21-19(10-15-31-21)28(20)17(2)25-27/h10,15-16,18H,3-9,11-14H2,1-2H3,(H,24,29)/t18-/m1/s1. The third kappa shape index (κ3) is 4.69. The van der Waals surface area contributed by atoms with Crippen LogP contribution in [0.3, 0.4) is 0 Å². The van der Waals surface area contributed by atoms with E-state index >= 15 is 0 Å². The second-order valence-corrected chi connectivity index (χ2v) is 8.51. The zero-order chi connectivity index (χ0) is 21.8. The number of nitrogens with zero attached hydrogens (tertiary/aromatic N) is 4. The van der Waals surface area contributed by atoms with Crippen LogP contribution in [0.15, 0.2) is 27.6 Å². The summed E-state index contributed by atoms with van der Waals surface area (Å²) in [6, 6.07) is 4.29. The lowest BCUT2D eigenvalue weighted by Gasteiger charge is -2.35. The minimum atomic E-state index is -0.163. The summed E-state index contributed by atoms with van der Waals surface area (Å²) in [4.78, 5) is 27.5. The third-order valence-corrected chi connectivity index (χ3v) is 6.40. The number of furan rings is 1. The first kappa shape index (κ1) is 21.6. The van der Waals surface area contributed by atoms with Gasteiger partial charge in [0.2, 0.25) is 5.91 Å². The van der Waals surface area contributed by atoms with Crippen molar-refractivity contribution in [2.24, 2.45) is 0 Å². The molecule has 1 amide bonds. The summed E-state index contributed by atoms with van der Waals surface area (Å²) in [5.41, 5.74) is 1.91. The first-order valence-corrected chi connectivity index (χ1v) is 11.6. The molecule has 4 heterocycles. The van der Waals surface area contributed by atoms with E-state index in [-0.39, 0.29) is 11.5 Å². The van der Waals surface area contributed by atoms with Crippen molar-refractivity contribution >= 4 is 22.5 Å². The molecule has 0 bridgehead atoms. The monoisotopic (exact) mass is 427 g/mol. The van der Waals surface area contributed by atoms with E-state index in [2.05, 4.69) is 22.2 Å². The fourth-order valence-electron chi connectivity index (χ4n) is 4.78. The molecule has 0 radical (unpaired) electrons. The second-order valence-electron chi connectivity index (χ2n) is 8.51. The molecule has 31 heavy (non-hydrogen) atoms. The maximum atomic E-state index is 12.8. The molecule has 0 aliphatic carbocycles. The smallest absolute Gasteiger partial charge is 0.291 e. The van der Waals surface area contributed by atoms with Gasteiger partial charge in [0.15, 0.2) is 5.58 Å². The van der Waals surface area contributed by atoms with Gasteiger partial charge in [-0.2, -0.15) is 5.10 Å². The van der Waals surface area contributed by atoms with Crippen molar-refractivity contribution in [1.82, 2.24) is 24.4 Å². The predicted octanol–water partition coefficient (Wildman–Crippen LogP) is 3.10. The number of fused-ring (bicyclic) bond motifs is 3. The highest BCUT2D eigenvalue weighted by Gasteiger charge is 2.20. The van der Waals surface area contributed by atoms with E-state index in [1.54, 1.807) is 12.3 Å². The minimum Gasteiger partial charge on any atom is -0.463 e. The van der Waals surface area contributed by atoms with Crippen LogP contribution in [-0.4, -0.2) is 50.7 Å². The van der Waals surface area contributed by atoms with Gasteiger partial charge in [-0.15, -0.1) is 0 Å². The number of rotatable bonds is 9. The quantitative estimate of drug-likeness (QED) is 0.531. The van der Waals surface area contributed by atoms with Crippen LogP contribution < -0.4 is 10.9 Å². The van der Waals surface area contributed by atoms with Gasteiger partial charge < -0.3 is 14.6 Å². The van der Waals surface area contributed by atoms with Gasteiger partial charge in [0.1, 0.15) is 11.3 Å². The number of aryl methyl sites for hydroxylation is 2. The van der Waals surface area contributed by atoms with Gasteiger partial charge in [-0.25, -0.2) is 4.68 Å². The van der Waals surface area contributed by atoms with Crippen LogP contribution in [0.25, 0.3) is 16.6 Å². The van der Waals surface area contributed by atoms with Gasteiger partial charge in [0, 0.05) is 44.2 Å². The Morgan fingerprint density at radius 3 is 2.97 bits per heavy atom. The maximum Gasteiger partial charge on any atom is 0.291 e. The van der Waals surface area contributed by atoms with Crippen molar-refractivity contribution in [3.8, 4) is 0 Å². The molecule has 8 nitrogen and oxygen atoms in total. The van der Waals surface area contributed by atoms with Crippen LogP contribution in [0.4, 0.5) is 0 Å². The highest BCUT2D eigenvalue weighted by Crippen LogP contribution is 2.20. The van der Waals surface area contributed by atoms with E-state index < -0.39 is 0 Å². The van der Waals surface area contributed by atoms with Crippen LogP contribution in [0.2, 0.25) is 0 Å². The van der Waals surface area contributed by atoms with Gasteiger partial charge >= 0.3 is 0 Å². The molecule has 1 saturated heterocycles. The van der Waals surface area contributed by atoms with Gasteiger partial charge in [-0.3, -0.25) is 14.0 Å². The normalized spacial score (nSPS) is 17.5. The maximum absolute atomic E-state index is 12.8. The van der Waals surface area contributed by atoms with Gasteiger partial charge in [0.25, 0.3) is 5.56 Å². The lowest BCUT2D eigenvalue weighted by atomic mass is 10.00. The SMILES string of the molecule is CC[C@@H]1CCCCN1CCCNC(=O)CCCn1nc(C)n2c(cc3occc32)c1=O. The Morgan fingerprint density at radius 1 is 1.26 bits per heavy atom. The summed E-state index contributed by atoms with van der Waals surface area (Å²) in [6.07, 6.45) is 8.70. The van der Waals surface area contributed by atoms with Gasteiger partial charge in [-0.1, -0.05) is 13.3 Å². The van der Waals surface area contributed by atoms with Crippen LogP contribution in [0, 0.1) is 6.92 Å². The van der Waals surface area contributed by atoms with E-state index in [1.807, 2.05) is 17.4 Å². The van der Waals surface area contributed by atoms with Crippen LogP contribution in [0.1, 0.15) is 57.7 Å². The summed E-state index contributed by atoms with van der Waals surface area (Å²) in [6.45, 7) is 7.49. The summed E-state index contributed by atoms with van der Waals surface area (Å²) in [5.74, 6) is 0.760. The van der Waals surface area contributed by atoms with Crippen molar-refractivity contribution in [2.75, 3.05) is 19.6 Å². The van der Waals surface area contributed by atoms with Crippen LogP contribution in [0.5, 0.6) is 0 Å². The molecule has 1 fully saturated rings. The Labute approximate surface area is 182 Å². The van der Waals surface area contributed by atoms with Crippen LogP contribution >= 0.6 is 0 Å². The van der Waals surface area contributed by atoms with E-state index in [4.69, 9.17) is 4.42 Å². The van der Waals surface area contributed by atoms with E-state index in [1.165, 1.54) is 36.9 Å². The molecular formula is C23H33N5O3. The fraction of sp³-hybridized carbons (Fsp3) is 0.609. The molecule has 1 aliphatic heterocycles. The molecule has 0 unspecified atom stereocenters. The summed E-state index contributed by atoms with van der Waals surface area (Å²) >= 11 is 0. The molecule has 0 saturated carbocycles. The number of nitrogens with one attached hydrogen (secondary N) is 1. The molecule has 0 aromatic carbocycles. The Morgan fingerprint density at radius 2 is 2.13 bits per heavy atom. The molecule has 3 aromatic heterocycles. The number of aromatic nitrogens is 3. The molecule has 8 heteroatoms. The lowest BCUT2D eigenvalue weighted by molar-refractivity contribution is -0.121. The zero-order valence-electron chi connectivity index (χ0n) is 18.6. The average molecular weight is 428 g/mol. The number of hydrogen-bond acceptors (Lipinski definition) is 5. The molecule has 1 atom stereocenters. The van der Waals surface area contributed by atoms with E-state index in [0.717, 1.165) is 24.3 Å². The number of piperidine rings is 1. The number of carbonyl (C=O) groups is 1. The Kier molecular flexibility index (Phi) is 6.75. The second kappa shape index (κ2) is 9.68.